The number of nitrogens with zero attached hydrogens (tertiary/aromatic N) is 1. The van der Waals surface area contributed by atoms with Gasteiger partial charge in [0.05, 0.1) is 34.3 Å². The molecule has 0 rings (SSSR count). The molecule has 0 aromatic heterocycles. The Kier molecular flexibility index (Phi) is 10.7. The minimum atomic E-state index is -0.382. The van der Waals surface area contributed by atoms with Gasteiger partial charge in [-0.2, -0.15) is 0 Å². The molecule has 0 spiro atoms. The monoisotopic (exact) mass is 291 g/mol. The van der Waals surface area contributed by atoms with Crippen molar-refractivity contribution in [2.45, 2.75) is 32.6 Å². The number of carbonyl (C=O) groups excluding carboxylic acids is 2. The van der Waals surface area contributed by atoms with E-state index in [4.69, 9.17) is 4.74 Å². The summed E-state index contributed by atoms with van der Waals surface area (Å²) in [5.41, 5.74) is 0.393. The molecule has 0 saturated carbocycles. The Bertz CT molecular complexity index is 308. The van der Waals surface area contributed by atoms with Gasteiger partial charge in [-0.3, -0.25) is 4.79 Å². The Hall–Kier alpha value is -0.870. The van der Waals surface area contributed by atoms with Gasteiger partial charge in [-0.25, -0.2) is 4.79 Å². The standard InChI is InChI=1S/C14H26NO3.ClH/c1-12(2)14(17)18-11-7-9-13(16)8-6-10-15(3,4)5;/h1,6-11H2,2-5H3;1H/q+1;/p-1. The van der Waals surface area contributed by atoms with Crippen molar-refractivity contribution in [3.8, 4) is 0 Å². The minimum Gasteiger partial charge on any atom is -1.00 e. The van der Waals surface area contributed by atoms with Crippen LogP contribution >= 0.6 is 0 Å². The molecule has 0 aromatic carbocycles. The highest BCUT2D eigenvalue weighted by atomic mass is 35.5. The number of Topliss-reactive ketones (excluding diaryl/α,β-unsaturated/α-hetero) is 1. The molecular weight excluding hydrogens is 266 g/mol. The number of esters is 1. The van der Waals surface area contributed by atoms with Crippen molar-refractivity contribution in [1.82, 2.24) is 0 Å². The number of hydrogen-bond donors (Lipinski definition) is 0. The third-order valence-electron chi connectivity index (χ3n) is 2.47. The van der Waals surface area contributed by atoms with Crippen LogP contribution in [-0.4, -0.2) is 50.5 Å². The summed E-state index contributed by atoms with van der Waals surface area (Å²) in [5, 5.41) is 0. The summed E-state index contributed by atoms with van der Waals surface area (Å²) < 4.78 is 5.80. The van der Waals surface area contributed by atoms with Crippen LogP contribution in [0.4, 0.5) is 0 Å². The molecule has 0 amide bonds. The molecule has 0 aliphatic rings. The molecule has 0 atom stereocenters. The Labute approximate surface area is 122 Å². The fraction of sp³-hybridized carbons (Fsp3) is 0.714. The van der Waals surface area contributed by atoms with Crippen LogP contribution in [0.15, 0.2) is 12.2 Å². The Morgan fingerprint density at radius 3 is 2.11 bits per heavy atom. The third kappa shape index (κ3) is 13.4. The maximum absolute atomic E-state index is 11.5. The molecular formula is C14H26ClNO3. The molecule has 0 fully saturated rings. The first-order valence-corrected chi connectivity index (χ1v) is 6.37. The molecule has 0 radical (unpaired) electrons. The van der Waals surface area contributed by atoms with Gasteiger partial charge in [0.2, 0.25) is 0 Å². The number of rotatable bonds is 9. The van der Waals surface area contributed by atoms with Gasteiger partial charge in [-0.05, 0) is 13.3 Å². The fourth-order valence-corrected chi connectivity index (χ4v) is 1.43. The molecule has 19 heavy (non-hydrogen) atoms. The van der Waals surface area contributed by atoms with Gasteiger partial charge in [-0.1, -0.05) is 6.58 Å². The van der Waals surface area contributed by atoms with E-state index in [0.717, 1.165) is 17.4 Å². The van der Waals surface area contributed by atoms with Crippen LogP contribution in [0.1, 0.15) is 32.6 Å². The van der Waals surface area contributed by atoms with Crippen molar-refractivity contribution in [1.29, 1.82) is 0 Å². The highest BCUT2D eigenvalue weighted by Crippen LogP contribution is 2.03. The maximum Gasteiger partial charge on any atom is 0.333 e. The Balaban J connectivity index is 0. The van der Waals surface area contributed by atoms with E-state index < -0.39 is 0 Å². The van der Waals surface area contributed by atoms with Crippen molar-refractivity contribution in [3.05, 3.63) is 12.2 Å². The van der Waals surface area contributed by atoms with Crippen LogP contribution in [0.2, 0.25) is 0 Å². The maximum atomic E-state index is 11.5. The fourth-order valence-electron chi connectivity index (χ4n) is 1.43. The summed E-state index contributed by atoms with van der Waals surface area (Å²) in [6, 6.07) is 0. The summed E-state index contributed by atoms with van der Waals surface area (Å²) in [6.07, 6.45) is 2.61. The smallest absolute Gasteiger partial charge is 0.333 e. The van der Waals surface area contributed by atoms with Crippen LogP contribution in [0, 0.1) is 0 Å². The lowest BCUT2D eigenvalue weighted by atomic mass is 10.1. The lowest BCUT2D eigenvalue weighted by Crippen LogP contribution is -3.00. The van der Waals surface area contributed by atoms with Gasteiger partial charge in [0.1, 0.15) is 5.78 Å². The summed E-state index contributed by atoms with van der Waals surface area (Å²) >= 11 is 0. The number of halogens is 1. The van der Waals surface area contributed by atoms with E-state index in [1.165, 1.54) is 0 Å². The molecule has 0 aliphatic heterocycles. The predicted molar refractivity (Wildman–Crippen MR) is 72.1 cm³/mol. The van der Waals surface area contributed by atoms with Gasteiger partial charge in [0.25, 0.3) is 0 Å². The summed E-state index contributed by atoms with van der Waals surface area (Å²) in [7, 11) is 6.34. The van der Waals surface area contributed by atoms with E-state index in [2.05, 4.69) is 27.7 Å². The van der Waals surface area contributed by atoms with Crippen LogP contribution in [0.25, 0.3) is 0 Å². The molecule has 0 N–H and O–H groups in total. The first-order chi connectivity index (χ1) is 8.22. The second-order valence-electron chi connectivity index (χ2n) is 5.68. The summed E-state index contributed by atoms with van der Waals surface area (Å²) in [5.74, 6) is -0.137. The first kappa shape index (κ1) is 20.4. The van der Waals surface area contributed by atoms with Gasteiger partial charge < -0.3 is 21.6 Å². The second-order valence-corrected chi connectivity index (χ2v) is 5.68. The molecule has 0 heterocycles. The normalized spacial score (nSPS) is 10.5. The number of carbonyl (C=O) groups is 2. The average Bonchev–Trinajstić information content (AvgIpc) is 2.22. The highest BCUT2D eigenvalue weighted by molar-refractivity contribution is 5.86. The lowest BCUT2D eigenvalue weighted by molar-refractivity contribution is -0.870. The lowest BCUT2D eigenvalue weighted by Gasteiger charge is -2.23. The van der Waals surface area contributed by atoms with Crippen LogP contribution < -0.4 is 12.4 Å². The van der Waals surface area contributed by atoms with E-state index in [9.17, 15) is 9.59 Å². The largest absolute Gasteiger partial charge is 1.00 e. The number of ether oxygens (including phenoxy) is 1. The van der Waals surface area contributed by atoms with E-state index in [-0.39, 0.29) is 24.2 Å². The Morgan fingerprint density at radius 1 is 1.11 bits per heavy atom. The van der Waals surface area contributed by atoms with Gasteiger partial charge in [-0.15, -0.1) is 0 Å². The molecule has 4 nitrogen and oxygen atoms in total. The second kappa shape index (κ2) is 9.98. The molecule has 0 bridgehead atoms. The predicted octanol–water partition coefficient (Wildman–Crippen LogP) is -1.05. The first-order valence-electron chi connectivity index (χ1n) is 6.37. The summed E-state index contributed by atoms with van der Waals surface area (Å²) in [6.45, 7) is 6.39. The van der Waals surface area contributed by atoms with E-state index >= 15 is 0 Å². The zero-order chi connectivity index (χ0) is 14.2. The average molecular weight is 292 g/mol. The van der Waals surface area contributed by atoms with E-state index in [1.54, 1.807) is 6.92 Å². The summed E-state index contributed by atoms with van der Waals surface area (Å²) in [4.78, 5) is 22.6. The van der Waals surface area contributed by atoms with E-state index in [0.29, 0.717) is 31.4 Å². The van der Waals surface area contributed by atoms with Gasteiger partial charge in [0, 0.05) is 24.8 Å². The SMILES string of the molecule is C=C(C)C(=O)OCCCC(=O)CCC[N+](C)(C)C.[Cl-]. The van der Waals surface area contributed by atoms with E-state index in [1.807, 2.05) is 0 Å². The van der Waals surface area contributed by atoms with Crippen molar-refractivity contribution < 1.29 is 31.2 Å². The van der Waals surface area contributed by atoms with Crippen molar-refractivity contribution in [2.24, 2.45) is 0 Å². The number of ketones is 1. The zero-order valence-electron chi connectivity index (χ0n) is 12.5. The Morgan fingerprint density at radius 2 is 1.63 bits per heavy atom. The van der Waals surface area contributed by atoms with Gasteiger partial charge >= 0.3 is 5.97 Å². The molecule has 112 valence electrons. The van der Waals surface area contributed by atoms with Crippen LogP contribution in [-0.2, 0) is 14.3 Å². The molecule has 0 aromatic rings. The minimum absolute atomic E-state index is 0. The number of hydrogen-bond acceptors (Lipinski definition) is 3. The third-order valence-corrected chi connectivity index (χ3v) is 2.47. The van der Waals surface area contributed by atoms with Crippen molar-refractivity contribution in [2.75, 3.05) is 34.3 Å². The molecule has 0 unspecified atom stereocenters. The van der Waals surface area contributed by atoms with Crippen molar-refractivity contribution in [3.63, 3.8) is 0 Å². The molecule has 0 saturated heterocycles. The highest BCUT2D eigenvalue weighted by Gasteiger charge is 2.09. The van der Waals surface area contributed by atoms with Crippen LogP contribution in [0.5, 0.6) is 0 Å². The zero-order valence-corrected chi connectivity index (χ0v) is 13.3. The number of quaternary nitrogens is 1. The van der Waals surface area contributed by atoms with Crippen LogP contribution in [0.3, 0.4) is 0 Å². The van der Waals surface area contributed by atoms with Gasteiger partial charge in [0.15, 0.2) is 0 Å². The van der Waals surface area contributed by atoms with Crippen molar-refractivity contribution >= 4 is 11.8 Å². The molecule has 0 aliphatic carbocycles. The topological polar surface area (TPSA) is 43.4 Å². The molecule has 5 heteroatoms. The quantitative estimate of drug-likeness (QED) is 0.236.